The first kappa shape index (κ1) is 17.8. The molecule has 1 aromatic carbocycles. The Morgan fingerprint density at radius 1 is 1.39 bits per heavy atom. The summed E-state index contributed by atoms with van der Waals surface area (Å²) in [4.78, 5) is 12.1. The van der Waals surface area contributed by atoms with Crippen LogP contribution < -0.4 is 0 Å². The van der Waals surface area contributed by atoms with E-state index in [2.05, 4.69) is 5.10 Å². The number of alkyl halides is 3. The Hall–Kier alpha value is -1.54. The zero-order valence-corrected chi connectivity index (χ0v) is 13.3. The Morgan fingerprint density at radius 2 is 2.04 bits per heavy atom. The van der Waals surface area contributed by atoms with E-state index in [-0.39, 0.29) is 22.9 Å². The third-order valence-corrected chi connectivity index (χ3v) is 4.47. The van der Waals surface area contributed by atoms with Crippen molar-refractivity contribution in [2.24, 2.45) is 5.10 Å². The lowest BCUT2D eigenvalue weighted by Gasteiger charge is -2.32. The number of nitrogens with zero attached hydrogens (tertiary/aromatic N) is 2. The first-order valence-electron chi connectivity index (χ1n) is 7.08. The summed E-state index contributed by atoms with van der Waals surface area (Å²) in [6.07, 6.45) is -5.39. The average Bonchev–Trinajstić information content (AvgIpc) is 2.86. The number of hydrazone groups is 1. The molecule has 2 rings (SSSR count). The number of hydrogen-bond acceptors (Lipinski definition) is 4. The fourth-order valence-corrected chi connectivity index (χ4v) is 3.02. The van der Waals surface area contributed by atoms with Gasteiger partial charge in [-0.2, -0.15) is 23.3 Å². The molecule has 1 heterocycles. The SMILES string of the molecule is CCC1=NN(C(=O)CSCc2ccccc2)[C@@](O)(C(F)(F)F)C1. The van der Waals surface area contributed by atoms with Crippen molar-refractivity contribution in [1.29, 1.82) is 0 Å². The molecule has 1 aliphatic rings. The molecule has 4 nitrogen and oxygen atoms in total. The molecule has 0 fully saturated rings. The highest BCUT2D eigenvalue weighted by atomic mass is 32.2. The lowest BCUT2D eigenvalue weighted by atomic mass is 10.1. The minimum atomic E-state index is -4.95. The van der Waals surface area contributed by atoms with Crippen LogP contribution in [-0.2, 0) is 10.5 Å². The lowest BCUT2D eigenvalue weighted by Crippen LogP contribution is -2.57. The molecule has 1 atom stereocenters. The van der Waals surface area contributed by atoms with E-state index < -0.39 is 24.2 Å². The van der Waals surface area contributed by atoms with Gasteiger partial charge < -0.3 is 5.11 Å². The van der Waals surface area contributed by atoms with E-state index in [1.54, 1.807) is 6.92 Å². The summed E-state index contributed by atoms with van der Waals surface area (Å²) in [7, 11) is 0. The van der Waals surface area contributed by atoms with Crippen LogP contribution in [0, 0.1) is 0 Å². The Labute approximate surface area is 136 Å². The van der Waals surface area contributed by atoms with Crippen molar-refractivity contribution in [3.05, 3.63) is 35.9 Å². The zero-order chi connectivity index (χ0) is 17.1. The number of thioether (sulfide) groups is 1. The van der Waals surface area contributed by atoms with Crippen LogP contribution in [0.15, 0.2) is 35.4 Å². The van der Waals surface area contributed by atoms with E-state index in [1.165, 1.54) is 11.8 Å². The highest BCUT2D eigenvalue weighted by molar-refractivity contribution is 7.99. The molecule has 0 unspecified atom stereocenters. The second kappa shape index (κ2) is 6.92. The molecule has 1 aliphatic heterocycles. The van der Waals surface area contributed by atoms with Gasteiger partial charge in [-0.3, -0.25) is 4.79 Å². The first-order chi connectivity index (χ1) is 10.8. The third-order valence-electron chi connectivity index (χ3n) is 3.48. The molecule has 0 bridgehead atoms. The summed E-state index contributed by atoms with van der Waals surface area (Å²) < 4.78 is 39.4. The number of carbonyl (C=O) groups is 1. The smallest absolute Gasteiger partial charge is 0.362 e. The van der Waals surface area contributed by atoms with E-state index in [0.29, 0.717) is 5.75 Å². The van der Waals surface area contributed by atoms with Crippen molar-refractivity contribution in [2.75, 3.05) is 5.75 Å². The van der Waals surface area contributed by atoms with Gasteiger partial charge >= 0.3 is 6.18 Å². The molecular formula is C15H17F3N2O2S. The van der Waals surface area contributed by atoms with Gasteiger partial charge in [0.2, 0.25) is 0 Å². The Bertz CT molecular complexity index is 592. The lowest BCUT2D eigenvalue weighted by molar-refractivity contribution is -0.301. The van der Waals surface area contributed by atoms with Gasteiger partial charge in [0.15, 0.2) is 0 Å². The molecule has 1 aromatic rings. The molecule has 23 heavy (non-hydrogen) atoms. The number of halogens is 3. The minimum Gasteiger partial charge on any atom is -0.362 e. The van der Waals surface area contributed by atoms with E-state index in [4.69, 9.17) is 0 Å². The van der Waals surface area contributed by atoms with Crippen molar-refractivity contribution >= 4 is 23.4 Å². The monoisotopic (exact) mass is 346 g/mol. The van der Waals surface area contributed by atoms with Gasteiger partial charge in [0.05, 0.1) is 5.75 Å². The van der Waals surface area contributed by atoms with Gasteiger partial charge in [-0.05, 0) is 12.0 Å². The molecular weight excluding hydrogens is 329 g/mol. The van der Waals surface area contributed by atoms with Crippen LogP contribution >= 0.6 is 11.8 Å². The maximum Gasteiger partial charge on any atom is 0.438 e. The number of rotatable bonds is 5. The molecule has 0 radical (unpaired) electrons. The molecule has 1 N–H and O–H groups in total. The number of hydrogen-bond donors (Lipinski definition) is 1. The average molecular weight is 346 g/mol. The molecule has 0 aliphatic carbocycles. The van der Waals surface area contributed by atoms with Crippen LogP contribution in [0.4, 0.5) is 13.2 Å². The van der Waals surface area contributed by atoms with Gasteiger partial charge in [-0.1, -0.05) is 37.3 Å². The van der Waals surface area contributed by atoms with Crippen molar-refractivity contribution in [2.45, 2.75) is 37.4 Å². The second-order valence-corrected chi connectivity index (χ2v) is 6.18. The number of benzene rings is 1. The first-order valence-corrected chi connectivity index (χ1v) is 8.23. The van der Waals surface area contributed by atoms with Gasteiger partial charge in [-0.25, -0.2) is 0 Å². The number of amides is 1. The van der Waals surface area contributed by atoms with E-state index in [0.717, 1.165) is 5.56 Å². The predicted molar refractivity (Wildman–Crippen MR) is 82.8 cm³/mol. The summed E-state index contributed by atoms with van der Waals surface area (Å²) in [6.45, 7) is 1.63. The second-order valence-electron chi connectivity index (χ2n) is 5.19. The van der Waals surface area contributed by atoms with E-state index in [9.17, 15) is 23.1 Å². The standard InChI is InChI=1S/C15H17F3N2O2S/c1-2-12-8-14(22,15(16,17)18)20(19-12)13(21)10-23-9-11-6-4-3-5-7-11/h3-7,22H,2,8-10H2,1H3/t14-/m0/s1. The third kappa shape index (κ3) is 3.87. The highest BCUT2D eigenvalue weighted by Gasteiger charge is 2.62. The summed E-state index contributed by atoms with van der Waals surface area (Å²) in [5.74, 6) is -0.544. The zero-order valence-electron chi connectivity index (χ0n) is 12.5. The Balaban J connectivity index is 2.02. The molecule has 0 saturated carbocycles. The van der Waals surface area contributed by atoms with Crippen LogP contribution in [0.2, 0.25) is 0 Å². The van der Waals surface area contributed by atoms with Crippen molar-refractivity contribution in [3.63, 3.8) is 0 Å². The van der Waals surface area contributed by atoms with Gasteiger partial charge in [0.1, 0.15) is 0 Å². The number of aliphatic hydroxyl groups is 1. The van der Waals surface area contributed by atoms with Crippen molar-refractivity contribution in [1.82, 2.24) is 5.01 Å². The Kier molecular flexibility index (Phi) is 5.36. The van der Waals surface area contributed by atoms with E-state index >= 15 is 0 Å². The fourth-order valence-electron chi connectivity index (χ4n) is 2.19. The molecule has 0 aromatic heterocycles. The summed E-state index contributed by atoms with van der Waals surface area (Å²) in [5.41, 5.74) is -2.11. The Morgan fingerprint density at radius 3 is 2.61 bits per heavy atom. The van der Waals surface area contributed by atoms with Crippen LogP contribution in [-0.4, -0.2) is 39.4 Å². The normalized spacial score (nSPS) is 21.4. The van der Waals surface area contributed by atoms with Gasteiger partial charge in [0, 0.05) is 17.9 Å². The molecule has 126 valence electrons. The molecule has 1 amide bonds. The maximum atomic E-state index is 13.1. The predicted octanol–water partition coefficient (Wildman–Crippen LogP) is 3.17. The van der Waals surface area contributed by atoms with Gasteiger partial charge in [-0.15, -0.1) is 11.8 Å². The topological polar surface area (TPSA) is 52.9 Å². The van der Waals surface area contributed by atoms with Crippen molar-refractivity contribution < 1.29 is 23.1 Å². The number of carbonyl (C=O) groups excluding carboxylic acids is 1. The van der Waals surface area contributed by atoms with Gasteiger partial charge in [0.25, 0.3) is 11.6 Å². The van der Waals surface area contributed by atoms with Crippen molar-refractivity contribution in [3.8, 4) is 0 Å². The largest absolute Gasteiger partial charge is 0.438 e. The summed E-state index contributed by atoms with van der Waals surface area (Å²) in [6, 6.07) is 9.28. The molecule has 8 heteroatoms. The van der Waals surface area contributed by atoms with Crippen LogP contribution in [0.5, 0.6) is 0 Å². The quantitative estimate of drug-likeness (QED) is 0.891. The van der Waals surface area contributed by atoms with Crippen LogP contribution in [0.1, 0.15) is 25.3 Å². The van der Waals surface area contributed by atoms with Crippen LogP contribution in [0.25, 0.3) is 0 Å². The fraction of sp³-hybridized carbons (Fsp3) is 0.467. The molecule has 0 spiro atoms. The summed E-state index contributed by atoms with van der Waals surface area (Å²) in [5, 5.41) is 13.8. The maximum absolute atomic E-state index is 13.1. The minimum absolute atomic E-state index is 0.159. The van der Waals surface area contributed by atoms with Crippen LogP contribution in [0.3, 0.4) is 0 Å². The highest BCUT2D eigenvalue weighted by Crippen LogP contribution is 2.40. The van der Waals surface area contributed by atoms with E-state index in [1.807, 2.05) is 30.3 Å². The molecule has 0 saturated heterocycles. The summed E-state index contributed by atoms with van der Waals surface area (Å²) >= 11 is 1.18.